The lowest BCUT2D eigenvalue weighted by molar-refractivity contribution is -0.120. The van der Waals surface area contributed by atoms with Gasteiger partial charge in [0.25, 0.3) is 0 Å². The molecule has 0 aliphatic heterocycles. The monoisotopic (exact) mass is 426 g/mol. The Hall–Kier alpha value is -3.19. The van der Waals surface area contributed by atoms with Gasteiger partial charge in [0.2, 0.25) is 5.91 Å². The first kappa shape index (κ1) is 20.7. The van der Waals surface area contributed by atoms with Crippen molar-refractivity contribution in [3.63, 3.8) is 0 Å². The summed E-state index contributed by atoms with van der Waals surface area (Å²) in [5, 5.41) is 3.99. The van der Waals surface area contributed by atoms with E-state index in [1.54, 1.807) is 12.1 Å². The molecule has 5 atom stereocenters. The Labute approximate surface area is 188 Å². The van der Waals surface area contributed by atoms with Crippen molar-refractivity contribution in [2.45, 2.75) is 38.5 Å². The van der Waals surface area contributed by atoms with E-state index in [-0.39, 0.29) is 17.6 Å². The number of nitrogens with one attached hydrogen (secondary N) is 1. The molecule has 2 aromatic carbocycles. The van der Waals surface area contributed by atoms with Crippen LogP contribution >= 0.6 is 0 Å². The first-order chi connectivity index (χ1) is 15.5. The van der Waals surface area contributed by atoms with Crippen LogP contribution in [0.3, 0.4) is 0 Å². The van der Waals surface area contributed by atoms with Crippen LogP contribution in [-0.2, 0) is 4.79 Å². The van der Waals surface area contributed by atoms with Crippen LogP contribution in [0.1, 0.15) is 49.7 Å². The highest BCUT2D eigenvalue weighted by Gasteiger charge is 2.44. The molecule has 0 saturated heterocycles. The van der Waals surface area contributed by atoms with Gasteiger partial charge in [-0.2, -0.15) is 0 Å². The summed E-state index contributed by atoms with van der Waals surface area (Å²) in [5.41, 5.74) is 3.68. The standard InChI is InChI=1S/C28H27FN2O/c1-3-18-4-7-24(8-5-18)31-28(32)17(2)19-12-20-14-22(15-21(20)13-19)25-10-11-30-27-9-6-23(29)16-26(25)27/h1,4-11,16-17,19-22H,12-15H2,2H3,(H,31,32)/t17?,19-,20-,21+,22?. The Kier molecular flexibility index (Phi) is 5.43. The van der Waals surface area contributed by atoms with E-state index in [0.717, 1.165) is 47.8 Å². The molecule has 1 heterocycles. The second-order valence-corrected chi connectivity index (χ2v) is 9.48. The van der Waals surface area contributed by atoms with Crippen LogP contribution in [-0.4, -0.2) is 10.9 Å². The van der Waals surface area contributed by atoms with Gasteiger partial charge >= 0.3 is 0 Å². The molecule has 162 valence electrons. The number of terminal acetylenes is 1. The summed E-state index contributed by atoms with van der Waals surface area (Å²) < 4.78 is 13.9. The van der Waals surface area contributed by atoms with Gasteiger partial charge in [-0.25, -0.2) is 4.39 Å². The molecule has 1 aromatic heterocycles. The minimum atomic E-state index is -0.209. The molecule has 0 radical (unpaired) electrons. The van der Waals surface area contributed by atoms with Crippen molar-refractivity contribution in [1.29, 1.82) is 0 Å². The number of hydrogen-bond acceptors (Lipinski definition) is 2. The number of anilines is 1. The molecule has 2 unspecified atom stereocenters. The number of carbonyl (C=O) groups is 1. The molecule has 0 bridgehead atoms. The zero-order chi connectivity index (χ0) is 22.2. The highest BCUT2D eigenvalue weighted by Crippen LogP contribution is 2.54. The van der Waals surface area contributed by atoms with Gasteiger partial charge in [-0.3, -0.25) is 9.78 Å². The highest BCUT2D eigenvalue weighted by atomic mass is 19.1. The molecule has 0 spiro atoms. The molecular weight excluding hydrogens is 399 g/mol. The van der Waals surface area contributed by atoms with Gasteiger partial charge in [-0.15, -0.1) is 6.42 Å². The molecule has 2 saturated carbocycles. The Morgan fingerprint density at radius 2 is 1.81 bits per heavy atom. The van der Waals surface area contributed by atoms with E-state index in [0.29, 0.717) is 23.7 Å². The third-order valence-corrected chi connectivity index (χ3v) is 7.67. The van der Waals surface area contributed by atoms with Crippen LogP contribution in [0.5, 0.6) is 0 Å². The van der Waals surface area contributed by atoms with Gasteiger partial charge in [0.15, 0.2) is 0 Å². The fraction of sp³-hybridized carbons (Fsp3) is 0.357. The second-order valence-electron chi connectivity index (χ2n) is 9.48. The number of hydrogen-bond donors (Lipinski definition) is 1. The van der Waals surface area contributed by atoms with Crippen LogP contribution in [0.15, 0.2) is 54.7 Å². The molecule has 4 heteroatoms. The minimum Gasteiger partial charge on any atom is -0.326 e. The maximum Gasteiger partial charge on any atom is 0.227 e. The first-order valence-corrected chi connectivity index (χ1v) is 11.4. The van der Waals surface area contributed by atoms with E-state index in [1.807, 2.05) is 37.4 Å². The van der Waals surface area contributed by atoms with E-state index in [1.165, 1.54) is 11.6 Å². The van der Waals surface area contributed by atoms with Gasteiger partial charge in [-0.05, 0) is 103 Å². The molecule has 3 nitrogen and oxygen atoms in total. The molecule has 5 rings (SSSR count). The largest absolute Gasteiger partial charge is 0.326 e. The Balaban J connectivity index is 1.23. The van der Waals surface area contributed by atoms with Crippen molar-refractivity contribution in [1.82, 2.24) is 4.98 Å². The number of pyridine rings is 1. The van der Waals surface area contributed by atoms with E-state index in [9.17, 15) is 9.18 Å². The summed E-state index contributed by atoms with van der Waals surface area (Å²) in [7, 11) is 0. The normalized spacial score (nSPS) is 25.3. The third-order valence-electron chi connectivity index (χ3n) is 7.67. The summed E-state index contributed by atoms with van der Waals surface area (Å²) in [6.45, 7) is 2.05. The zero-order valence-electron chi connectivity index (χ0n) is 18.2. The maximum absolute atomic E-state index is 13.9. The average molecular weight is 427 g/mol. The van der Waals surface area contributed by atoms with Crippen molar-refractivity contribution in [3.8, 4) is 12.3 Å². The van der Waals surface area contributed by atoms with Gasteiger partial charge in [0.1, 0.15) is 5.82 Å². The summed E-state index contributed by atoms with van der Waals surface area (Å²) in [6.07, 6.45) is 11.6. The van der Waals surface area contributed by atoms with Crippen LogP contribution in [0.2, 0.25) is 0 Å². The predicted molar refractivity (Wildman–Crippen MR) is 126 cm³/mol. The molecule has 32 heavy (non-hydrogen) atoms. The number of fused-ring (bicyclic) bond motifs is 2. The molecule has 2 fully saturated rings. The summed E-state index contributed by atoms with van der Waals surface area (Å²) >= 11 is 0. The molecule has 1 amide bonds. The van der Waals surface area contributed by atoms with Crippen molar-refractivity contribution in [2.24, 2.45) is 23.7 Å². The number of carbonyl (C=O) groups excluding carboxylic acids is 1. The van der Waals surface area contributed by atoms with E-state index in [2.05, 4.69) is 22.3 Å². The van der Waals surface area contributed by atoms with Crippen molar-refractivity contribution in [3.05, 3.63) is 71.7 Å². The van der Waals surface area contributed by atoms with E-state index < -0.39 is 0 Å². The maximum atomic E-state index is 13.9. The predicted octanol–water partition coefficient (Wildman–Crippen LogP) is 6.15. The summed E-state index contributed by atoms with van der Waals surface area (Å²) in [5.74, 6) is 4.54. The van der Waals surface area contributed by atoms with Gasteiger partial charge in [-0.1, -0.05) is 12.8 Å². The number of aromatic nitrogens is 1. The summed E-state index contributed by atoms with van der Waals surface area (Å²) in [6, 6.07) is 14.3. The van der Waals surface area contributed by atoms with Gasteiger partial charge in [0.05, 0.1) is 5.52 Å². The number of rotatable bonds is 4. The number of amides is 1. The first-order valence-electron chi connectivity index (χ1n) is 11.4. The topological polar surface area (TPSA) is 42.0 Å². The van der Waals surface area contributed by atoms with Crippen LogP contribution in [0, 0.1) is 41.8 Å². The van der Waals surface area contributed by atoms with Crippen LogP contribution in [0.4, 0.5) is 10.1 Å². The smallest absolute Gasteiger partial charge is 0.227 e. The average Bonchev–Trinajstić information content (AvgIpc) is 3.38. The zero-order valence-corrected chi connectivity index (χ0v) is 18.2. The molecule has 2 aliphatic rings. The lowest BCUT2D eigenvalue weighted by atomic mass is 9.86. The van der Waals surface area contributed by atoms with Crippen molar-refractivity contribution < 1.29 is 9.18 Å². The third kappa shape index (κ3) is 3.88. The highest BCUT2D eigenvalue weighted by molar-refractivity contribution is 5.92. The van der Waals surface area contributed by atoms with Crippen LogP contribution < -0.4 is 5.32 Å². The van der Waals surface area contributed by atoms with Gasteiger partial charge in [0, 0.05) is 28.8 Å². The lowest BCUT2D eigenvalue weighted by Crippen LogP contribution is -2.26. The fourth-order valence-corrected chi connectivity index (χ4v) is 5.94. The van der Waals surface area contributed by atoms with E-state index in [4.69, 9.17) is 6.42 Å². The molecule has 1 N–H and O–H groups in total. The van der Waals surface area contributed by atoms with E-state index >= 15 is 0 Å². The number of nitrogens with zero attached hydrogens (tertiary/aromatic N) is 1. The molecule has 3 aromatic rings. The number of benzene rings is 2. The minimum absolute atomic E-state index is 0.0257. The Morgan fingerprint density at radius 1 is 1.09 bits per heavy atom. The van der Waals surface area contributed by atoms with Gasteiger partial charge < -0.3 is 5.32 Å². The quantitative estimate of drug-likeness (QED) is 0.509. The van der Waals surface area contributed by atoms with Crippen molar-refractivity contribution in [2.75, 3.05) is 5.32 Å². The van der Waals surface area contributed by atoms with Crippen molar-refractivity contribution >= 4 is 22.5 Å². The molecule has 2 aliphatic carbocycles. The Morgan fingerprint density at radius 3 is 2.50 bits per heavy atom. The molecular formula is C28H27FN2O. The van der Waals surface area contributed by atoms with Crippen LogP contribution in [0.25, 0.3) is 10.9 Å². The second kappa shape index (κ2) is 8.39. The number of halogens is 1. The SMILES string of the molecule is C#Cc1ccc(NC(=O)C(C)[C@H]2C[C@H]3CC(c4ccnc5ccc(F)cc45)C[C@H]3C2)cc1. The lowest BCUT2D eigenvalue weighted by Gasteiger charge is -2.21. The Bertz CT molecular complexity index is 1180. The fourth-order valence-electron chi connectivity index (χ4n) is 5.94. The summed E-state index contributed by atoms with van der Waals surface area (Å²) in [4.78, 5) is 17.2.